The molecule has 0 saturated carbocycles. The fourth-order valence-corrected chi connectivity index (χ4v) is 3.66. The quantitative estimate of drug-likeness (QED) is 0.303. The molecule has 0 bridgehead atoms. The van der Waals surface area contributed by atoms with Crippen LogP contribution in [0.25, 0.3) is 21.8 Å². The topological polar surface area (TPSA) is 147 Å². The molecule has 0 unspecified atom stereocenters. The lowest BCUT2D eigenvalue weighted by atomic mass is 10.0. The highest BCUT2D eigenvalue weighted by Crippen LogP contribution is 2.26. The lowest BCUT2D eigenvalue weighted by Crippen LogP contribution is -2.14. The van der Waals surface area contributed by atoms with Crippen molar-refractivity contribution >= 4 is 56.7 Å². The van der Waals surface area contributed by atoms with Crippen LogP contribution in [0.5, 0.6) is 0 Å². The van der Waals surface area contributed by atoms with Gasteiger partial charge in [-0.1, -0.05) is 30.6 Å². The van der Waals surface area contributed by atoms with Gasteiger partial charge in [-0.15, -0.1) is 0 Å². The Bertz CT molecular complexity index is 1360. The second-order valence-electron chi connectivity index (χ2n) is 6.90. The fourth-order valence-electron chi connectivity index (χ4n) is 3.24. The van der Waals surface area contributed by atoms with E-state index in [1.165, 1.54) is 0 Å². The number of carbonyl (C=O) groups is 2. The molecule has 0 saturated heterocycles. The molecular formula is C24H23Cl2N3O5. The van der Waals surface area contributed by atoms with Crippen molar-refractivity contribution in [3.05, 3.63) is 81.1 Å². The van der Waals surface area contributed by atoms with Crippen LogP contribution in [-0.2, 0) is 13.2 Å². The maximum atomic E-state index is 11.5. The number of rotatable bonds is 5. The molecule has 0 fully saturated rings. The van der Waals surface area contributed by atoms with E-state index in [-0.39, 0.29) is 31.8 Å². The number of fused-ring (bicyclic) bond motifs is 2. The third-order valence-corrected chi connectivity index (χ3v) is 5.54. The van der Waals surface area contributed by atoms with Crippen LogP contribution in [0.3, 0.4) is 0 Å². The van der Waals surface area contributed by atoms with Gasteiger partial charge in [-0.05, 0) is 47.5 Å². The maximum Gasteiger partial charge on any atom is 0.249 e. The van der Waals surface area contributed by atoms with Crippen molar-refractivity contribution in [1.82, 2.24) is 9.97 Å². The summed E-state index contributed by atoms with van der Waals surface area (Å²) in [6.07, 6.45) is 3.12. The van der Waals surface area contributed by atoms with Crippen molar-refractivity contribution in [3.63, 3.8) is 0 Å². The van der Waals surface area contributed by atoms with E-state index in [9.17, 15) is 14.7 Å². The second-order valence-corrected chi connectivity index (χ2v) is 7.71. The third kappa shape index (κ3) is 5.67. The molecule has 2 aromatic carbocycles. The summed E-state index contributed by atoms with van der Waals surface area (Å²) < 4.78 is 0. The van der Waals surface area contributed by atoms with E-state index in [0.29, 0.717) is 43.0 Å². The molecule has 10 heteroatoms. The summed E-state index contributed by atoms with van der Waals surface area (Å²) in [6.45, 7) is -1.15. The van der Waals surface area contributed by atoms with Crippen molar-refractivity contribution in [2.45, 2.75) is 20.6 Å². The van der Waals surface area contributed by atoms with Crippen molar-refractivity contribution in [2.24, 2.45) is 5.73 Å². The predicted octanol–water partition coefficient (Wildman–Crippen LogP) is 3.67. The number of nitrogens with zero attached hydrogens (tertiary/aromatic N) is 2. The summed E-state index contributed by atoms with van der Waals surface area (Å²) in [4.78, 5) is 30.9. The predicted molar refractivity (Wildman–Crippen MR) is 132 cm³/mol. The van der Waals surface area contributed by atoms with Crippen molar-refractivity contribution in [1.29, 1.82) is 0 Å². The zero-order chi connectivity index (χ0) is 24.1. The Morgan fingerprint density at radius 3 is 1.65 bits per heavy atom. The summed E-state index contributed by atoms with van der Waals surface area (Å²) in [5.74, 6) is -1.04. The van der Waals surface area contributed by atoms with Gasteiger partial charge in [-0.3, -0.25) is 19.6 Å². The van der Waals surface area contributed by atoms with Crippen LogP contribution >= 0.6 is 23.2 Å². The van der Waals surface area contributed by atoms with Gasteiger partial charge in [0.05, 0.1) is 34.3 Å². The van der Waals surface area contributed by atoms with Crippen LogP contribution in [0.1, 0.15) is 39.3 Å². The van der Waals surface area contributed by atoms with E-state index in [2.05, 4.69) is 9.97 Å². The molecule has 2 aromatic heterocycles. The van der Waals surface area contributed by atoms with Gasteiger partial charge in [-0.25, -0.2) is 0 Å². The zero-order valence-electron chi connectivity index (χ0n) is 17.1. The lowest BCUT2D eigenvalue weighted by Gasteiger charge is -2.08. The molecule has 0 aliphatic rings. The summed E-state index contributed by atoms with van der Waals surface area (Å²) in [5, 5.41) is 29.4. The smallest absolute Gasteiger partial charge is 0.249 e. The number of aromatic nitrogens is 2. The highest BCUT2D eigenvalue weighted by Gasteiger charge is 2.13. The zero-order valence-corrected chi connectivity index (χ0v) is 18.6. The van der Waals surface area contributed by atoms with Gasteiger partial charge in [0.1, 0.15) is 6.61 Å². The van der Waals surface area contributed by atoms with Gasteiger partial charge < -0.3 is 21.1 Å². The second kappa shape index (κ2) is 11.8. The molecule has 34 heavy (non-hydrogen) atoms. The van der Waals surface area contributed by atoms with E-state index >= 15 is 0 Å². The Kier molecular flexibility index (Phi) is 9.43. The van der Waals surface area contributed by atoms with E-state index in [1.54, 1.807) is 48.8 Å². The number of hydrogen-bond donors (Lipinski definition) is 4. The number of carbonyl (C=O) groups excluding carboxylic acids is 2. The van der Waals surface area contributed by atoms with E-state index < -0.39 is 18.3 Å². The number of aliphatic hydroxyl groups excluding tert-OH is 3. The summed E-state index contributed by atoms with van der Waals surface area (Å²) in [6, 6.07) is 9.57. The van der Waals surface area contributed by atoms with Crippen LogP contribution in [0.2, 0.25) is 10.0 Å². The Hall–Kier alpha value is -3.14. The number of nitrogens with two attached hydrogens (primary N) is 1. The highest BCUT2D eigenvalue weighted by atomic mass is 35.5. The minimum Gasteiger partial charge on any atom is -0.392 e. The van der Waals surface area contributed by atoms with Crippen LogP contribution in [-0.4, -0.2) is 43.6 Å². The number of hydrogen-bond acceptors (Lipinski definition) is 7. The Morgan fingerprint density at radius 1 is 0.794 bits per heavy atom. The van der Waals surface area contributed by atoms with Crippen molar-refractivity contribution < 1.29 is 24.9 Å². The molecule has 8 nitrogen and oxygen atoms in total. The Morgan fingerprint density at radius 2 is 1.24 bits per heavy atom. The molecule has 4 aromatic rings. The summed E-state index contributed by atoms with van der Waals surface area (Å²) >= 11 is 12.0. The number of amides is 1. The maximum absolute atomic E-state index is 11.5. The van der Waals surface area contributed by atoms with Crippen molar-refractivity contribution in [2.75, 3.05) is 6.61 Å². The van der Waals surface area contributed by atoms with E-state index in [0.717, 1.165) is 0 Å². The molecule has 0 aliphatic heterocycles. The highest BCUT2D eigenvalue weighted by molar-refractivity contribution is 6.35. The molecule has 1 amide bonds. The van der Waals surface area contributed by atoms with Crippen LogP contribution in [0.4, 0.5) is 0 Å². The summed E-state index contributed by atoms with van der Waals surface area (Å²) in [5.41, 5.74) is 7.89. The first-order chi connectivity index (χ1) is 15.8. The molecule has 4 rings (SSSR count). The molecular weight excluding hydrogens is 481 g/mol. The SMILES string of the molecule is C.NC(=O)c1cc2c(Cl)ccnc2cc1CO.O=C(CO)c1cc2c(Cl)ccnc2cc1CO. The average molecular weight is 504 g/mol. The number of Topliss-reactive ketones (excluding diaryl/α,β-unsaturated/α-hetero) is 1. The van der Waals surface area contributed by atoms with Gasteiger partial charge >= 0.3 is 0 Å². The largest absolute Gasteiger partial charge is 0.392 e. The van der Waals surface area contributed by atoms with Gasteiger partial charge in [0.25, 0.3) is 0 Å². The molecule has 5 N–H and O–H groups in total. The number of aliphatic hydroxyl groups is 3. The van der Waals surface area contributed by atoms with E-state index in [1.807, 2.05) is 0 Å². The monoisotopic (exact) mass is 503 g/mol. The molecule has 0 atom stereocenters. The van der Waals surface area contributed by atoms with E-state index in [4.69, 9.17) is 39.1 Å². The molecule has 0 spiro atoms. The number of benzene rings is 2. The summed E-state index contributed by atoms with van der Waals surface area (Å²) in [7, 11) is 0. The number of ketones is 1. The first kappa shape index (κ1) is 27.1. The minimum absolute atomic E-state index is 0. The third-order valence-electron chi connectivity index (χ3n) is 4.88. The first-order valence-electron chi connectivity index (χ1n) is 9.60. The first-order valence-corrected chi connectivity index (χ1v) is 10.4. The van der Waals surface area contributed by atoms with Gasteiger partial charge in [0.2, 0.25) is 5.91 Å². The number of halogens is 2. The van der Waals surface area contributed by atoms with Crippen LogP contribution in [0, 0.1) is 0 Å². The Labute approximate surface area is 205 Å². The van der Waals surface area contributed by atoms with Crippen LogP contribution < -0.4 is 5.73 Å². The van der Waals surface area contributed by atoms with Crippen LogP contribution in [0.15, 0.2) is 48.8 Å². The van der Waals surface area contributed by atoms with Gasteiger partial charge in [0.15, 0.2) is 5.78 Å². The van der Waals surface area contributed by atoms with Gasteiger partial charge in [-0.2, -0.15) is 0 Å². The molecule has 0 radical (unpaired) electrons. The molecule has 178 valence electrons. The minimum atomic E-state index is -0.601. The van der Waals surface area contributed by atoms with Crippen molar-refractivity contribution in [3.8, 4) is 0 Å². The average Bonchev–Trinajstić information content (AvgIpc) is 2.82. The standard InChI is InChI=1S/C12H10ClNO3.C11H9ClN2O2.CH4/c13-10-1-2-14-11-3-7(5-15)8(4-9(10)11)12(17)6-16;12-9-1-2-14-10-3-6(5-15)7(11(13)16)4-8(9)10;/h1-4,15-16H,5-6H2;1-4,15H,5H2,(H2,13,16);1H4. The lowest BCUT2D eigenvalue weighted by molar-refractivity contribution is 0.0900. The molecule has 2 heterocycles. The number of pyridine rings is 2. The Balaban J connectivity index is 0.000000234. The number of primary amides is 1. The van der Waals surface area contributed by atoms with Gasteiger partial charge in [0, 0.05) is 34.3 Å². The fraction of sp³-hybridized carbons (Fsp3) is 0.167. The normalized spacial score (nSPS) is 10.4. The molecule has 0 aliphatic carbocycles.